The van der Waals surface area contributed by atoms with Crippen molar-refractivity contribution in [2.24, 2.45) is 5.92 Å². The van der Waals surface area contributed by atoms with Crippen LogP contribution in [-0.4, -0.2) is 37.5 Å². The normalized spacial score (nSPS) is 21.4. The van der Waals surface area contributed by atoms with E-state index in [1.165, 1.54) is 0 Å². The van der Waals surface area contributed by atoms with Crippen molar-refractivity contribution in [1.82, 2.24) is 4.90 Å². The molecule has 0 N–H and O–H groups in total. The van der Waals surface area contributed by atoms with Gasteiger partial charge in [-0.2, -0.15) is 0 Å². The molecule has 0 aromatic rings. The van der Waals surface area contributed by atoms with Crippen molar-refractivity contribution in [3.8, 4) is 0 Å². The van der Waals surface area contributed by atoms with Crippen molar-refractivity contribution < 1.29 is 9.18 Å². The van der Waals surface area contributed by atoms with Gasteiger partial charge in [0, 0.05) is 25.6 Å². The molecule has 2 nitrogen and oxygen atoms in total. The lowest BCUT2D eigenvalue weighted by Crippen LogP contribution is -2.48. The summed E-state index contributed by atoms with van der Waals surface area (Å²) in [5.74, 6) is 0.177. The smallest absolute Gasteiger partial charge is 0.125 e. The maximum absolute atomic E-state index is 11.6. The number of rotatable bonds is 3. The van der Waals surface area contributed by atoms with Crippen molar-refractivity contribution in [2.75, 3.05) is 26.3 Å². The summed E-state index contributed by atoms with van der Waals surface area (Å²) in [6.07, 6.45) is 0.939. The molecular formula is C6H10FNO. The average molecular weight is 131 g/mol. The fourth-order valence-electron chi connectivity index (χ4n) is 0.998. The number of hydrogen-bond donors (Lipinski definition) is 0. The summed E-state index contributed by atoms with van der Waals surface area (Å²) in [6.45, 7) is 1.71. The first-order valence-corrected chi connectivity index (χ1v) is 3.10. The van der Waals surface area contributed by atoms with Crippen LogP contribution in [0.5, 0.6) is 0 Å². The van der Waals surface area contributed by atoms with Crippen molar-refractivity contribution >= 4 is 6.29 Å². The lowest BCUT2D eigenvalue weighted by atomic mass is 10.0. The summed E-state index contributed by atoms with van der Waals surface area (Å²) in [5.41, 5.74) is 0. The minimum atomic E-state index is -0.300. The fraction of sp³-hybridized carbons (Fsp3) is 0.833. The molecule has 3 heteroatoms. The van der Waals surface area contributed by atoms with Gasteiger partial charge in [0.1, 0.15) is 13.0 Å². The minimum absolute atomic E-state index is 0.177. The topological polar surface area (TPSA) is 20.3 Å². The van der Waals surface area contributed by atoms with Crippen molar-refractivity contribution in [3.63, 3.8) is 0 Å². The van der Waals surface area contributed by atoms with E-state index >= 15 is 0 Å². The average Bonchev–Trinajstić information content (AvgIpc) is 1.77. The first-order chi connectivity index (χ1) is 4.36. The van der Waals surface area contributed by atoms with Gasteiger partial charge in [-0.05, 0) is 0 Å². The highest BCUT2D eigenvalue weighted by Crippen LogP contribution is 2.11. The second-order valence-corrected chi connectivity index (χ2v) is 2.34. The third kappa shape index (κ3) is 1.48. The van der Waals surface area contributed by atoms with E-state index < -0.39 is 0 Å². The van der Waals surface area contributed by atoms with Gasteiger partial charge in [-0.25, -0.2) is 4.39 Å². The SMILES string of the molecule is O=CC1CN(CCF)C1. The Labute approximate surface area is 53.6 Å². The number of hydrogen-bond acceptors (Lipinski definition) is 2. The van der Waals surface area contributed by atoms with Gasteiger partial charge >= 0.3 is 0 Å². The molecule has 52 valence electrons. The molecule has 9 heavy (non-hydrogen) atoms. The van der Waals surface area contributed by atoms with Crippen LogP contribution in [-0.2, 0) is 4.79 Å². The van der Waals surface area contributed by atoms with Gasteiger partial charge in [0.05, 0.1) is 0 Å². The molecule has 0 amide bonds. The lowest BCUT2D eigenvalue weighted by molar-refractivity contribution is -0.115. The highest BCUT2D eigenvalue weighted by molar-refractivity contribution is 5.55. The van der Waals surface area contributed by atoms with Crippen LogP contribution < -0.4 is 0 Å². The Hall–Kier alpha value is -0.440. The third-order valence-electron chi connectivity index (χ3n) is 1.58. The summed E-state index contributed by atoms with van der Waals surface area (Å²) in [7, 11) is 0. The van der Waals surface area contributed by atoms with E-state index in [1.807, 2.05) is 4.90 Å². The Balaban J connectivity index is 2.04. The van der Waals surface area contributed by atoms with Crippen LogP contribution in [0, 0.1) is 5.92 Å². The van der Waals surface area contributed by atoms with E-state index in [1.54, 1.807) is 0 Å². The van der Waals surface area contributed by atoms with E-state index in [0.717, 1.165) is 19.4 Å². The number of carbonyl (C=O) groups excluding carboxylic acids is 1. The zero-order chi connectivity index (χ0) is 6.69. The second kappa shape index (κ2) is 2.92. The van der Waals surface area contributed by atoms with E-state index in [0.29, 0.717) is 6.54 Å². The number of nitrogens with zero attached hydrogens (tertiary/aromatic N) is 1. The first-order valence-electron chi connectivity index (χ1n) is 3.10. The maximum atomic E-state index is 11.6. The van der Waals surface area contributed by atoms with Gasteiger partial charge in [-0.15, -0.1) is 0 Å². The molecular weight excluding hydrogens is 121 g/mol. The number of carbonyl (C=O) groups is 1. The summed E-state index contributed by atoms with van der Waals surface area (Å²) >= 11 is 0. The Morgan fingerprint density at radius 1 is 1.67 bits per heavy atom. The van der Waals surface area contributed by atoms with Gasteiger partial charge in [-0.3, -0.25) is 4.90 Å². The van der Waals surface area contributed by atoms with Crippen LogP contribution in [0.4, 0.5) is 4.39 Å². The van der Waals surface area contributed by atoms with Crippen LogP contribution >= 0.6 is 0 Å². The zero-order valence-corrected chi connectivity index (χ0v) is 5.22. The molecule has 1 rings (SSSR count). The van der Waals surface area contributed by atoms with E-state index in [4.69, 9.17) is 0 Å². The summed E-state index contributed by atoms with van der Waals surface area (Å²) in [6, 6.07) is 0. The summed E-state index contributed by atoms with van der Waals surface area (Å²) in [5, 5.41) is 0. The van der Waals surface area contributed by atoms with Gasteiger partial charge < -0.3 is 4.79 Å². The van der Waals surface area contributed by atoms with Crippen LogP contribution in [0.25, 0.3) is 0 Å². The van der Waals surface area contributed by atoms with Crippen LogP contribution in [0.1, 0.15) is 0 Å². The first kappa shape index (κ1) is 6.68. The molecule has 0 aromatic heterocycles. The Bertz CT molecular complexity index is 101. The molecule has 0 spiro atoms. The zero-order valence-electron chi connectivity index (χ0n) is 5.22. The molecule has 0 saturated carbocycles. The molecule has 1 aliphatic heterocycles. The molecule has 0 aliphatic carbocycles. The monoisotopic (exact) mass is 131 g/mol. The number of aldehydes is 1. The molecule has 0 unspecified atom stereocenters. The lowest BCUT2D eigenvalue weighted by Gasteiger charge is -2.35. The van der Waals surface area contributed by atoms with Crippen molar-refractivity contribution in [1.29, 1.82) is 0 Å². The van der Waals surface area contributed by atoms with Crippen LogP contribution in [0.15, 0.2) is 0 Å². The highest BCUT2D eigenvalue weighted by Gasteiger charge is 2.24. The fourth-order valence-corrected chi connectivity index (χ4v) is 0.998. The van der Waals surface area contributed by atoms with Crippen LogP contribution in [0.3, 0.4) is 0 Å². The summed E-state index contributed by atoms with van der Waals surface area (Å²) < 4.78 is 11.6. The molecule has 1 aliphatic rings. The second-order valence-electron chi connectivity index (χ2n) is 2.34. The number of halogens is 1. The Morgan fingerprint density at radius 2 is 2.33 bits per heavy atom. The largest absolute Gasteiger partial charge is 0.303 e. The quantitative estimate of drug-likeness (QED) is 0.506. The standard InChI is InChI=1S/C6H10FNO/c7-1-2-8-3-6(4-8)5-9/h5-6H,1-4H2. The minimum Gasteiger partial charge on any atom is -0.303 e. The molecule has 0 atom stereocenters. The van der Waals surface area contributed by atoms with E-state index in [-0.39, 0.29) is 12.6 Å². The van der Waals surface area contributed by atoms with Gasteiger partial charge in [0.25, 0.3) is 0 Å². The number of alkyl halides is 1. The van der Waals surface area contributed by atoms with Crippen molar-refractivity contribution in [2.45, 2.75) is 0 Å². The van der Waals surface area contributed by atoms with Gasteiger partial charge in [-0.1, -0.05) is 0 Å². The third-order valence-corrected chi connectivity index (χ3v) is 1.58. The summed E-state index contributed by atoms with van der Waals surface area (Å²) in [4.78, 5) is 11.9. The van der Waals surface area contributed by atoms with Crippen LogP contribution in [0.2, 0.25) is 0 Å². The number of likely N-dealkylation sites (tertiary alicyclic amines) is 1. The predicted octanol–water partition coefficient (Wildman–Crippen LogP) is 0.0866. The Kier molecular flexibility index (Phi) is 2.16. The molecule has 0 bridgehead atoms. The molecule has 0 aromatic carbocycles. The Morgan fingerprint density at radius 3 is 2.78 bits per heavy atom. The highest BCUT2D eigenvalue weighted by atomic mass is 19.1. The van der Waals surface area contributed by atoms with Gasteiger partial charge in [0.15, 0.2) is 0 Å². The van der Waals surface area contributed by atoms with E-state index in [9.17, 15) is 9.18 Å². The molecule has 1 heterocycles. The van der Waals surface area contributed by atoms with E-state index in [2.05, 4.69) is 0 Å². The molecule has 0 radical (unpaired) electrons. The predicted molar refractivity (Wildman–Crippen MR) is 32.0 cm³/mol. The molecule has 1 saturated heterocycles. The maximum Gasteiger partial charge on any atom is 0.125 e. The van der Waals surface area contributed by atoms with Crippen molar-refractivity contribution in [3.05, 3.63) is 0 Å². The van der Waals surface area contributed by atoms with Gasteiger partial charge in [0.2, 0.25) is 0 Å². The molecule has 1 fully saturated rings.